The van der Waals surface area contributed by atoms with Crippen LogP contribution in [0.5, 0.6) is 11.5 Å². The van der Waals surface area contributed by atoms with Crippen molar-refractivity contribution in [2.45, 2.75) is 6.54 Å². The number of hydrogen-bond acceptors (Lipinski definition) is 6. The van der Waals surface area contributed by atoms with E-state index in [4.69, 9.17) is 9.26 Å². The summed E-state index contributed by atoms with van der Waals surface area (Å²) in [4.78, 5) is 25.3. The SMILES string of the molecule is O=C(Cn1c(-c2cccs2)noc1=O)Nc1ccccc1Oc1ccccc1. The zero-order valence-electron chi connectivity index (χ0n) is 14.6. The van der Waals surface area contributed by atoms with Crippen molar-refractivity contribution in [1.82, 2.24) is 9.72 Å². The van der Waals surface area contributed by atoms with Crippen LogP contribution >= 0.6 is 11.3 Å². The summed E-state index contributed by atoms with van der Waals surface area (Å²) in [5, 5.41) is 8.41. The van der Waals surface area contributed by atoms with E-state index in [0.29, 0.717) is 23.0 Å². The van der Waals surface area contributed by atoms with Gasteiger partial charge in [0.2, 0.25) is 5.91 Å². The molecule has 0 fully saturated rings. The Balaban J connectivity index is 1.53. The number of ether oxygens (including phenoxy) is 1. The molecule has 4 aromatic rings. The van der Waals surface area contributed by atoms with Crippen LogP contribution in [-0.4, -0.2) is 15.6 Å². The van der Waals surface area contributed by atoms with E-state index in [1.165, 1.54) is 15.9 Å². The van der Waals surface area contributed by atoms with Crippen LogP contribution in [0.3, 0.4) is 0 Å². The maximum absolute atomic E-state index is 12.6. The molecule has 1 amide bonds. The minimum atomic E-state index is -0.688. The van der Waals surface area contributed by atoms with Crippen LogP contribution in [0.4, 0.5) is 5.69 Å². The number of para-hydroxylation sites is 3. The largest absolute Gasteiger partial charge is 0.455 e. The molecule has 0 saturated carbocycles. The molecule has 0 bridgehead atoms. The topological polar surface area (TPSA) is 86.4 Å². The van der Waals surface area contributed by atoms with Gasteiger partial charge in [-0.2, -0.15) is 0 Å². The molecule has 7 nitrogen and oxygen atoms in total. The molecule has 1 N–H and O–H groups in total. The molecule has 2 heterocycles. The molecule has 140 valence electrons. The van der Waals surface area contributed by atoms with Crippen molar-refractivity contribution in [3.63, 3.8) is 0 Å². The monoisotopic (exact) mass is 393 g/mol. The van der Waals surface area contributed by atoms with Crippen molar-refractivity contribution >= 4 is 22.9 Å². The van der Waals surface area contributed by atoms with Gasteiger partial charge < -0.3 is 10.1 Å². The lowest BCUT2D eigenvalue weighted by molar-refractivity contribution is -0.116. The van der Waals surface area contributed by atoms with Crippen LogP contribution in [-0.2, 0) is 11.3 Å². The summed E-state index contributed by atoms with van der Waals surface area (Å²) in [5.41, 5.74) is 0.499. The van der Waals surface area contributed by atoms with Gasteiger partial charge in [-0.25, -0.2) is 9.36 Å². The molecule has 2 aromatic carbocycles. The van der Waals surface area contributed by atoms with Crippen LogP contribution in [0.25, 0.3) is 10.7 Å². The summed E-state index contributed by atoms with van der Waals surface area (Å²) in [6.07, 6.45) is 0. The first-order chi connectivity index (χ1) is 13.7. The van der Waals surface area contributed by atoms with Gasteiger partial charge in [0.05, 0.1) is 10.6 Å². The Bertz CT molecular complexity index is 1130. The van der Waals surface area contributed by atoms with Gasteiger partial charge in [0.1, 0.15) is 12.3 Å². The van der Waals surface area contributed by atoms with Gasteiger partial charge in [-0.15, -0.1) is 11.3 Å². The highest BCUT2D eigenvalue weighted by Crippen LogP contribution is 2.29. The number of nitrogens with zero attached hydrogens (tertiary/aromatic N) is 2. The average Bonchev–Trinajstić information content (AvgIpc) is 3.35. The minimum absolute atomic E-state index is 0.227. The second kappa shape index (κ2) is 7.93. The van der Waals surface area contributed by atoms with E-state index in [2.05, 4.69) is 10.5 Å². The quantitative estimate of drug-likeness (QED) is 0.535. The predicted octanol–water partition coefficient (Wildman–Crippen LogP) is 4.00. The third kappa shape index (κ3) is 3.86. The van der Waals surface area contributed by atoms with Gasteiger partial charge in [0.15, 0.2) is 11.6 Å². The van der Waals surface area contributed by atoms with Crippen LogP contribution in [0.2, 0.25) is 0 Å². The molecular formula is C20H15N3O4S. The maximum atomic E-state index is 12.6. The van der Waals surface area contributed by atoms with Crippen LogP contribution < -0.4 is 15.8 Å². The molecule has 0 radical (unpaired) electrons. The van der Waals surface area contributed by atoms with Gasteiger partial charge >= 0.3 is 5.76 Å². The summed E-state index contributed by atoms with van der Waals surface area (Å²) < 4.78 is 11.8. The molecule has 28 heavy (non-hydrogen) atoms. The van der Waals surface area contributed by atoms with Gasteiger partial charge in [0.25, 0.3) is 0 Å². The van der Waals surface area contributed by atoms with Crippen LogP contribution in [0.1, 0.15) is 0 Å². The van der Waals surface area contributed by atoms with Crippen molar-refractivity contribution < 1.29 is 14.1 Å². The Morgan fingerprint density at radius 1 is 1.07 bits per heavy atom. The van der Waals surface area contributed by atoms with Gasteiger partial charge in [0, 0.05) is 0 Å². The summed E-state index contributed by atoms with van der Waals surface area (Å²) in [6.45, 7) is -0.227. The van der Waals surface area contributed by atoms with E-state index in [-0.39, 0.29) is 6.54 Å². The maximum Gasteiger partial charge on any atom is 0.442 e. The molecule has 0 aliphatic heterocycles. The number of benzene rings is 2. The number of thiophene rings is 1. The first kappa shape index (κ1) is 17.7. The number of rotatable bonds is 6. The fourth-order valence-electron chi connectivity index (χ4n) is 2.60. The lowest BCUT2D eigenvalue weighted by Gasteiger charge is -2.12. The summed E-state index contributed by atoms with van der Waals surface area (Å²) in [6, 6.07) is 20.0. The first-order valence-corrected chi connectivity index (χ1v) is 9.31. The van der Waals surface area contributed by atoms with Gasteiger partial charge in [-0.1, -0.05) is 41.6 Å². The highest BCUT2D eigenvalue weighted by atomic mass is 32.1. The molecule has 0 aliphatic carbocycles. The van der Waals surface area contributed by atoms with E-state index >= 15 is 0 Å². The van der Waals surface area contributed by atoms with Gasteiger partial charge in [-0.3, -0.25) is 9.32 Å². The highest BCUT2D eigenvalue weighted by Gasteiger charge is 2.17. The van der Waals surface area contributed by atoms with Crippen LogP contribution in [0.15, 0.2) is 81.4 Å². The summed E-state index contributed by atoms with van der Waals surface area (Å²) in [5.74, 6) is 0.390. The van der Waals surface area contributed by atoms with E-state index < -0.39 is 11.7 Å². The van der Waals surface area contributed by atoms with Crippen molar-refractivity contribution in [3.8, 4) is 22.2 Å². The first-order valence-electron chi connectivity index (χ1n) is 8.43. The Morgan fingerprint density at radius 2 is 1.86 bits per heavy atom. The van der Waals surface area contributed by atoms with Crippen molar-refractivity contribution in [3.05, 3.63) is 82.7 Å². The minimum Gasteiger partial charge on any atom is -0.455 e. The molecule has 4 rings (SSSR count). The number of anilines is 1. The van der Waals surface area contributed by atoms with Crippen molar-refractivity contribution in [2.24, 2.45) is 0 Å². The molecular weight excluding hydrogens is 378 g/mol. The molecule has 2 aromatic heterocycles. The number of nitrogens with one attached hydrogen (secondary N) is 1. The number of aromatic nitrogens is 2. The molecule has 8 heteroatoms. The number of hydrogen-bond donors (Lipinski definition) is 1. The Hall–Kier alpha value is -3.65. The molecule has 0 atom stereocenters. The van der Waals surface area contributed by atoms with Crippen LogP contribution in [0, 0.1) is 0 Å². The molecule has 0 saturated heterocycles. The molecule has 0 unspecified atom stereocenters. The number of amides is 1. The lowest BCUT2D eigenvalue weighted by Crippen LogP contribution is -2.25. The predicted molar refractivity (Wildman–Crippen MR) is 106 cm³/mol. The second-order valence-electron chi connectivity index (χ2n) is 5.79. The fourth-order valence-corrected chi connectivity index (χ4v) is 3.31. The Morgan fingerprint density at radius 3 is 2.64 bits per heavy atom. The van der Waals surface area contributed by atoms with E-state index in [1.54, 1.807) is 24.3 Å². The smallest absolute Gasteiger partial charge is 0.442 e. The fraction of sp³-hybridized carbons (Fsp3) is 0.0500. The average molecular weight is 393 g/mol. The summed E-state index contributed by atoms with van der Waals surface area (Å²) in [7, 11) is 0. The molecule has 0 spiro atoms. The van der Waals surface area contributed by atoms with E-state index in [9.17, 15) is 9.59 Å². The van der Waals surface area contributed by atoms with Crippen molar-refractivity contribution in [2.75, 3.05) is 5.32 Å². The Kier molecular flexibility index (Phi) is 5.03. The second-order valence-corrected chi connectivity index (χ2v) is 6.74. The highest BCUT2D eigenvalue weighted by molar-refractivity contribution is 7.13. The van der Waals surface area contributed by atoms with E-state index in [1.807, 2.05) is 47.8 Å². The Labute approximate surface area is 163 Å². The third-order valence-electron chi connectivity index (χ3n) is 3.86. The third-order valence-corrected chi connectivity index (χ3v) is 4.73. The van der Waals surface area contributed by atoms with Crippen molar-refractivity contribution in [1.29, 1.82) is 0 Å². The number of carbonyl (C=O) groups excluding carboxylic acids is 1. The molecule has 0 aliphatic rings. The number of carbonyl (C=O) groups is 1. The zero-order valence-corrected chi connectivity index (χ0v) is 15.4. The summed E-state index contributed by atoms with van der Waals surface area (Å²) >= 11 is 1.40. The lowest BCUT2D eigenvalue weighted by atomic mass is 10.3. The van der Waals surface area contributed by atoms with E-state index in [0.717, 1.165) is 4.88 Å². The normalized spacial score (nSPS) is 10.6. The standard InChI is InChI=1S/C20H15N3O4S/c24-18(13-23-19(22-27-20(23)25)17-11-6-12-28-17)21-15-9-4-5-10-16(15)26-14-7-2-1-3-8-14/h1-12H,13H2,(H,21,24). The van der Waals surface area contributed by atoms with Gasteiger partial charge in [-0.05, 0) is 35.7 Å². The zero-order chi connectivity index (χ0) is 19.3.